The van der Waals surface area contributed by atoms with Gasteiger partial charge >= 0.3 is 0 Å². The van der Waals surface area contributed by atoms with E-state index in [1.807, 2.05) is 13.0 Å². The number of anilines is 1. The van der Waals surface area contributed by atoms with Crippen LogP contribution in [0.4, 0.5) is 5.82 Å². The lowest BCUT2D eigenvalue weighted by atomic mass is 10.2. The molecule has 0 saturated heterocycles. The second-order valence-electron chi connectivity index (χ2n) is 5.32. The summed E-state index contributed by atoms with van der Waals surface area (Å²) in [6, 6.07) is 8.87. The van der Waals surface area contributed by atoms with Crippen LogP contribution in [0.2, 0.25) is 0 Å². The maximum absolute atomic E-state index is 12.3. The van der Waals surface area contributed by atoms with Gasteiger partial charge in [0.2, 0.25) is 0 Å². The van der Waals surface area contributed by atoms with E-state index in [1.165, 1.54) is 0 Å². The number of nitrogens with zero attached hydrogens (tertiary/aromatic N) is 3. The average molecular weight is 310 g/mol. The van der Waals surface area contributed by atoms with E-state index in [0.29, 0.717) is 17.9 Å². The van der Waals surface area contributed by atoms with Gasteiger partial charge in [-0.15, -0.1) is 5.10 Å². The third kappa shape index (κ3) is 3.51. The van der Waals surface area contributed by atoms with E-state index in [0.717, 1.165) is 35.4 Å². The number of amides is 1. The fraction of sp³-hybridized carbons (Fsp3) is 0.250. The first-order chi connectivity index (χ1) is 11.2. The number of benzene rings is 1. The van der Waals surface area contributed by atoms with Gasteiger partial charge in [-0.25, -0.2) is 4.98 Å². The molecule has 1 aromatic carbocycles. The Bertz CT molecular complexity index is 824. The highest BCUT2D eigenvalue weighted by molar-refractivity contribution is 6.05. The van der Waals surface area contributed by atoms with Crippen LogP contribution in [0, 0.1) is 6.92 Å². The summed E-state index contributed by atoms with van der Waals surface area (Å²) in [6.45, 7) is 2.47. The average Bonchev–Trinajstić information content (AvgIpc) is 2.97. The van der Waals surface area contributed by atoms with E-state index in [4.69, 9.17) is 5.73 Å². The van der Waals surface area contributed by atoms with Crippen LogP contribution < -0.4 is 11.1 Å². The van der Waals surface area contributed by atoms with Crippen molar-refractivity contribution >= 4 is 22.8 Å². The number of nitrogens with two attached hydrogens (primary N) is 1. The summed E-state index contributed by atoms with van der Waals surface area (Å²) in [5, 5.41) is 10.6. The second-order valence-corrected chi connectivity index (χ2v) is 5.32. The van der Waals surface area contributed by atoms with Gasteiger partial charge in [-0.05, 0) is 50.2 Å². The molecule has 0 radical (unpaired) electrons. The van der Waals surface area contributed by atoms with Gasteiger partial charge in [0.1, 0.15) is 5.82 Å². The number of aromatic nitrogens is 4. The largest absolute Gasteiger partial charge is 0.342 e. The smallest absolute Gasteiger partial charge is 0.256 e. The highest BCUT2D eigenvalue weighted by Gasteiger charge is 2.10. The van der Waals surface area contributed by atoms with Crippen molar-refractivity contribution in [3.63, 3.8) is 0 Å². The summed E-state index contributed by atoms with van der Waals surface area (Å²) in [4.78, 5) is 20.0. The minimum absolute atomic E-state index is 0.233. The van der Waals surface area contributed by atoms with E-state index in [2.05, 4.69) is 25.5 Å². The van der Waals surface area contributed by atoms with Crippen molar-refractivity contribution in [1.82, 2.24) is 20.2 Å². The number of nitrogens with one attached hydrogen (secondary N) is 2. The van der Waals surface area contributed by atoms with Gasteiger partial charge in [0.05, 0.1) is 16.7 Å². The Kier molecular flexibility index (Phi) is 4.29. The van der Waals surface area contributed by atoms with Crippen molar-refractivity contribution in [2.75, 3.05) is 11.9 Å². The quantitative estimate of drug-likeness (QED) is 0.665. The lowest BCUT2D eigenvalue weighted by Gasteiger charge is -2.03. The molecular formula is C16H18N6O. The summed E-state index contributed by atoms with van der Waals surface area (Å²) < 4.78 is 0. The first-order valence-electron chi connectivity index (χ1n) is 7.46. The van der Waals surface area contributed by atoms with Crippen LogP contribution in [-0.4, -0.2) is 32.6 Å². The van der Waals surface area contributed by atoms with Crippen molar-refractivity contribution < 1.29 is 4.79 Å². The van der Waals surface area contributed by atoms with Gasteiger partial charge in [0, 0.05) is 12.0 Å². The molecule has 0 unspecified atom stereocenters. The predicted octanol–water partition coefficient (Wildman–Crippen LogP) is 1.80. The predicted molar refractivity (Wildman–Crippen MR) is 88.2 cm³/mol. The monoisotopic (exact) mass is 310 g/mol. The number of aromatic amines is 1. The minimum atomic E-state index is -0.233. The number of aryl methyl sites for hydroxylation is 2. The highest BCUT2D eigenvalue weighted by Crippen LogP contribution is 2.15. The molecule has 3 rings (SSSR count). The van der Waals surface area contributed by atoms with Crippen LogP contribution >= 0.6 is 0 Å². The van der Waals surface area contributed by atoms with E-state index < -0.39 is 0 Å². The number of imidazole rings is 1. The summed E-state index contributed by atoms with van der Waals surface area (Å²) in [7, 11) is 0. The molecule has 1 amide bonds. The Balaban J connectivity index is 1.78. The first kappa shape index (κ1) is 15.1. The minimum Gasteiger partial charge on any atom is -0.342 e. The van der Waals surface area contributed by atoms with Crippen LogP contribution in [-0.2, 0) is 6.42 Å². The van der Waals surface area contributed by atoms with Gasteiger partial charge in [0.15, 0.2) is 5.82 Å². The summed E-state index contributed by atoms with van der Waals surface area (Å²) in [6.07, 6.45) is 1.67. The van der Waals surface area contributed by atoms with Gasteiger partial charge in [0.25, 0.3) is 5.91 Å². The maximum atomic E-state index is 12.3. The number of carbonyl (C=O) groups excluding carboxylic acids is 1. The standard InChI is InChI=1S/C16H18N6O/c1-10-4-7-15(22-21-10)20-16(23)11-5-6-12-13(9-11)19-14(18-12)3-2-8-17/h4-7,9H,2-3,8,17H2,1H3,(H,18,19)(H,20,22,23). The molecule has 0 aliphatic rings. The Morgan fingerprint density at radius 2 is 2.13 bits per heavy atom. The SMILES string of the molecule is Cc1ccc(NC(=O)c2ccc3nc(CCCN)[nH]c3c2)nn1. The Morgan fingerprint density at radius 1 is 1.26 bits per heavy atom. The van der Waals surface area contributed by atoms with Gasteiger partial charge in [-0.2, -0.15) is 5.10 Å². The lowest BCUT2D eigenvalue weighted by molar-refractivity contribution is 0.102. The molecule has 4 N–H and O–H groups in total. The summed E-state index contributed by atoms with van der Waals surface area (Å²) in [5.74, 6) is 1.07. The molecule has 2 heterocycles. The molecule has 0 bridgehead atoms. The van der Waals surface area contributed by atoms with Gasteiger partial charge in [-0.3, -0.25) is 4.79 Å². The molecule has 0 saturated carbocycles. The van der Waals surface area contributed by atoms with Crippen LogP contribution in [0.15, 0.2) is 30.3 Å². The second kappa shape index (κ2) is 6.53. The zero-order valence-corrected chi connectivity index (χ0v) is 12.8. The van der Waals surface area contributed by atoms with Crippen molar-refractivity contribution in [1.29, 1.82) is 0 Å². The molecular weight excluding hydrogens is 292 g/mol. The fourth-order valence-corrected chi connectivity index (χ4v) is 2.25. The number of fused-ring (bicyclic) bond motifs is 1. The summed E-state index contributed by atoms with van der Waals surface area (Å²) >= 11 is 0. The molecule has 118 valence electrons. The van der Waals surface area contributed by atoms with Crippen LogP contribution in [0.5, 0.6) is 0 Å². The maximum Gasteiger partial charge on any atom is 0.256 e. The number of hydrogen-bond donors (Lipinski definition) is 3. The number of H-pyrrole nitrogens is 1. The Morgan fingerprint density at radius 3 is 2.87 bits per heavy atom. The number of carbonyl (C=O) groups is 1. The molecule has 0 atom stereocenters. The third-order valence-electron chi connectivity index (χ3n) is 3.45. The van der Waals surface area contributed by atoms with Crippen LogP contribution in [0.3, 0.4) is 0 Å². The normalized spacial score (nSPS) is 10.9. The Labute approximate surface area is 133 Å². The molecule has 7 nitrogen and oxygen atoms in total. The van der Waals surface area contributed by atoms with E-state index in [-0.39, 0.29) is 5.91 Å². The Hall–Kier alpha value is -2.80. The molecule has 0 aliphatic carbocycles. The number of rotatable bonds is 5. The third-order valence-corrected chi connectivity index (χ3v) is 3.45. The number of hydrogen-bond acceptors (Lipinski definition) is 5. The molecule has 3 aromatic rings. The molecule has 7 heteroatoms. The van der Waals surface area contributed by atoms with E-state index in [1.54, 1.807) is 24.3 Å². The van der Waals surface area contributed by atoms with Gasteiger partial charge < -0.3 is 16.0 Å². The van der Waals surface area contributed by atoms with Crippen molar-refractivity contribution in [2.24, 2.45) is 5.73 Å². The lowest BCUT2D eigenvalue weighted by Crippen LogP contribution is -2.13. The molecule has 23 heavy (non-hydrogen) atoms. The molecule has 0 fully saturated rings. The zero-order valence-electron chi connectivity index (χ0n) is 12.8. The van der Waals surface area contributed by atoms with E-state index in [9.17, 15) is 4.79 Å². The molecule has 0 spiro atoms. The van der Waals surface area contributed by atoms with Crippen LogP contribution in [0.1, 0.15) is 28.3 Å². The van der Waals surface area contributed by atoms with E-state index >= 15 is 0 Å². The molecule has 2 aromatic heterocycles. The highest BCUT2D eigenvalue weighted by atomic mass is 16.1. The molecule has 0 aliphatic heterocycles. The summed E-state index contributed by atoms with van der Waals surface area (Å²) in [5.41, 5.74) is 8.52. The van der Waals surface area contributed by atoms with Crippen molar-refractivity contribution in [2.45, 2.75) is 19.8 Å². The van der Waals surface area contributed by atoms with Gasteiger partial charge in [-0.1, -0.05) is 0 Å². The topological polar surface area (TPSA) is 110 Å². The first-order valence-corrected chi connectivity index (χ1v) is 7.46. The fourth-order valence-electron chi connectivity index (χ4n) is 2.25. The van der Waals surface area contributed by atoms with Crippen molar-refractivity contribution in [3.8, 4) is 0 Å². The van der Waals surface area contributed by atoms with Crippen molar-refractivity contribution in [3.05, 3.63) is 47.4 Å². The zero-order chi connectivity index (χ0) is 16.2. The van der Waals surface area contributed by atoms with Crippen LogP contribution in [0.25, 0.3) is 11.0 Å².